The third-order valence-electron chi connectivity index (χ3n) is 2.35. The van der Waals surface area contributed by atoms with E-state index in [0.717, 1.165) is 0 Å². The van der Waals surface area contributed by atoms with E-state index in [9.17, 15) is 13.2 Å². The molecule has 7 nitrogen and oxygen atoms in total. The Kier molecular flexibility index (Phi) is 6.81. The lowest BCUT2D eigenvalue weighted by molar-refractivity contribution is 0.0951. The fourth-order valence-corrected chi connectivity index (χ4v) is 2.45. The second kappa shape index (κ2) is 8.36. The van der Waals surface area contributed by atoms with Gasteiger partial charge in [0.25, 0.3) is 5.91 Å². The Labute approximate surface area is 123 Å². The largest absolute Gasteiger partial charge is 0.384 e. The van der Waals surface area contributed by atoms with E-state index >= 15 is 0 Å². The van der Waals surface area contributed by atoms with Gasteiger partial charge < -0.3 is 10.4 Å². The molecule has 0 bridgehead atoms. The van der Waals surface area contributed by atoms with E-state index < -0.39 is 15.9 Å². The lowest BCUT2D eigenvalue weighted by Gasteiger charge is -2.07. The number of rotatable bonds is 6. The molecule has 114 valence electrons. The van der Waals surface area contributed by atoms with E-state index in [0.29, 0.717) is 12.1 Å². The van der Waals surface area contributed by atoms with Gasteiger partial charge in [0, 0.05) is 19.3 Å². The fourth-order valence-electron chi connectivity index (χ4n) is 1.50. The van der Waals surface area contributed by atoms with Crippen LogP contribution in [0.25, 0.3) is 0 Å². The van der Waals surface area contributed by atoms with E-state index in [1.165, 1.54) is 6.20 Å². The van der Waals surface area contributed by atoms with E-state index in [4.69, 9.17) is 5.11 Å². The zero-order valence-electron chi connectivity index (χ0n) is 11.6. The number of hydrogen-bond donors (Lipinski definition) is 3. The van der Waals surface area contributed by atoms with Gasteiger partial charge in [-0.05, 0) is 12.1 Å². The van der Waals surface area contributed by atoms with Crippen molar-refractivity contribution in [2.75, 3.05) is 25.4 Å². The summed E-state index contributed by atoms with van der Waals surface area (Å²) in [7, 11) is -3.38. The smallest absolute Gasteiger partial charge is 0.271 e. The normalized spacial score (nSPS) is 10.6. The highest BCUT2D eigenvalue weighted by Crippen LogP contribution is 2.03. The van der Waals surface area contributed by atoms with Crippen LogP contribution in [0.4, 0.5) is 0 Å². The number of sulfonamides is 1. The van der Waals surface area contributed by atoms with Crippen LogP contribution >= 0.6 is 0 Å². The average molecular weight is 311 g/mol. The number of aliphatic hydroxyl groups excluding tert-OH is 1. The van der Waals surface area contributed by atoms with Crippen molar-refractivity contribution in [3.63, 3.8) is 0 Å². The van der Waals surface area contributed by atoms with Crippen molar-refractivity contribution in [1.29, 1.82) is 0 Å². The van der Waals surface area contributed by atoms with Crippen LogP contribution in [0.5, 0.6) is 0 Å². The highest BCUT2D eigenvalue weighted by atomic mass is 32.2. The number of amides is 1. The van der Waals surface area contributed by atoms with Crippen molar-refractivity contribution in [2.45, 2.75) is 6.92 Å². The van der Waals surface area contributed by atoms with Crippen LogP contribution < -0.4 is 10.0 Å². The van der Waals surface area contributed by atoms with Gasteiger partial charge in [0.1, 0.15) is 12.3 Å². The van der Waals surface area contributed by atoms with E-state index in [2.05, 4.69) is 26.9 Å². The second-order valence-electron chi connectivity index (χ2n) is 3.93. The minimum absolute atomic E-state index is 0.0301. The predicted molar refractivity (Wildman–Crippen MR) is 78.0 cm³/mol. The highest BCUT2D eigenvalue weighted by Gasteiger charge is 2.13. The second-order valence-corrected chi connectivity index (χ2v) is 5.86. The number of nitrogens with one attached hydrogen (secondary N) is 2. The van der Waals surface area contributed by atoms with Gasteiger partial charge in [0.05, 0.1) is 11.3 Å². The van der Waals surface area contributed by atoms with Gasteiger partial charge in [0.15, 0.2) is 0 Å². The lowest BCUT2D eigenvalue weighted by atomic mass is 10.2. The minimum atomic E-state index is -3.38. The third-order valence-corrected chi connectivity index (χ3v) is 3.82. The molecule has 3 N–H and O–H groups in total. The van der Waals surface area contributed by atoms with Gasteiger partial charge in [-0.1, -0.05) is 18.8 Å². The summed E-state index contributed by atoms with van der Waals surface area (Å²) in [5.74, 6) is 4.33. The molecule has 1 aromatic heterocycles. The predicted octanol–water partition coefficient (Wildman–Crippen LogP) is -0.905. The minimum Gasteiger partial charge on any atom is -0.384 e. The molecular formula is C13H17N3O4S. The molecule has 0 fully saturated rings. The zero-order chi connectivity index (χ0) is 15.7. The summed E-state index contributed by atoms with van der Waals surface area (Å²) in [4.78, 5) is 15.9. The molecule has 21 heavy (non-hydrogen) atoms. The van der Waals surface area contributed by atoms with Crippen molar-refractivity contribution in [2.24, 2.45) is 0 Å². The number of carbonyl (C=O) groups is 1. The van der Waals surface area contributed by atoms with Crippen molar-refractivity contribution >= 4 is 15.9 Å². The Morgan fingerprint density at radius 1 is 1.48 bits per heavy atom. The van der Waals surface area contributed by atoms with Crippen LogP contribution in [0.1, 0.15) is 23.0 Å². The molecule has 0 saturated carbocycles. The molecule has 8 heteroatoms. The molecule has 0 aliphatic heterocycles. The van der Waals surface area contributed by atoms with Gasteiger partial charge in [-0.2, -0.15) is 0 Å². The first-order valence-electron chi connectivity index (χ1n) is 6.30. The number of pyridine rings is 1. The number of hydrogen-bond acceptors (Lipinski definition) is 5. The standard InChI is InChI=1S/C13H17N3O4S/c1-2-16-21(19,20)10-8-15-13(18)12-11(6-4-9-17)5-3-7-14-12/h3,5,7,16-17H,2,8-10H2,1H3,(H,15,18). The van der Waals surface area contributed by atoms with E-state index in [1.807, 2.05) is 0 Å². The molecule has 0 spiro atoms. The number of nitrogens with zero attached hydrogens (tertiary/aromatic N) is 1. The van der Waals surface area contributed by atoms with Crippen LogP contribution in [-0.4, -0.2) is 49.9 Å². The molecule has 1 amide bonds. The number of aromatic nitrogens is 1. The Hall–Kier alpha value is -1.95. The Morgan fingerprint density at radius 2 is 2.24 bits per heavy atom. The summed E-state index contributed by atoms with van der Waals surface area (Å²) < 4.78 is 25.2. The topological polar surface area (TPSA) is 108 Å². The molecule has 1 rings (SSSR count). The monoisotopic (exact) mass is 311 g/mol. The van der Waals surface area contributed by atoms with Crippen molar-refractivity contribution in [3.05, 3.63) is 29.6 Å². The van der Waals surface area contributed by atoms with Gasteiger partial charge >= 0.3 is 0 Å². The van der Waals surface area contributed by atoms with Crippen molar-refractivity contribution in [3.8, 4) is 11.8 Å². The molecule has 0 unspecified atom stereocenters. The number of carbonyl (C=O) groups excluding carboxylic acids is 1. The van der Waals surface area contributed by atoms with E-state index in [1.54, 1.807) is 19.1 Å². The van der Waals surface area contributed by atoms with Gasteiger partial charge in [-0.3, -0.25) is 4.79 Å². The maximum atomic E-state index is 12.0. The SMILES string of the molecule is CCNS(=O)(=O)CCNC(=O)c1ncccc1C#CCO. The first kappa shape index (κ1) is 17.1. The molecule has 0 atom stereocenters. The van der Waals surface area contributed by atoms with Crippen LogP contribution in [0, 0.1) is 11.8 Å². The summed E-state index contributed by atoms with van der Waals surface area (Å²) in [6.07, 6.45) is 1.44. The molecule has 1 heterocycles. The van der Waals surface area contributed by atoms with Crippen LogP contribution in [0.15, 0.2) is 18.3 Å². The van der Waals surface area contributed by atoms with Crippen molar-refractivity contribution < 1.29 is 18.3 Å². The maximum absolute atomic E-state index is 12.0. The summed E-state index contributed by atoms with van der Waals surface area (Å²) in [6, 6.07) is 3.22. The van der Waals surface area contributed by atoms with Gasteiger partial charge in [-0.25, -0.2) is 18.1 Å². The van der Waals surface area contributed by atoms with E-state index in [-0.39, 0.29) is 24.6 Å². The zero-order valence-corrected chi connectivity index (χ0v) is 12.4. The first-order chi connectivity index (χ1) is 10.00. The Bertz CT molecular complexity index is 647. The fraction of sp³-hybridized carbons (Fsp3) is 0.385. The Morgan fingerprint density at radius 3 is 2.90 bits per heavy atom. The van der Waals surface area contributed by atoms with Gasteiger partial charge in [-0.15, -0.1) is 0 Å². The summed E-state index contributed by atoms with van der Waals surface area (Å²) >= 11 is 0. The summed E-state index contributed by atoms with van der Waals surface area (Å²) in [6.45, 7) is 1.63. The van der Waals surface area contributed by atoms with Gasteiger partial charge in [0.2, 0.25) is 10.0 Å². The maximum Gasteiger partial charge on any atom is 0.271 e. The molecule has 1 aromatic rings. The third kappa shape index (κ3) is 5.91. The molecule has 0 aliphatic rings. The number of aliphatic hydroxyl groups is 1. The first-order valence-corrected chi connectivity index (χ1v) is 7.95. The van der Waals surface area contributed by atoms with Crippen LogP contribution in [-0.2, 0) is 10.0 Å². The van der Waals surface area contributed by atoms with Crippen LogP contribution in [0.3, 0.4) is 0 Å². The molecular weight excluding hydrogens is 294 g/mol. The quantitative estimate of drug-likeness (QED) is 0.590. The Balaban J connectivity index is 2.69. The molecule has 0 radical (unpaired) electrons. The lowest BCUT2D eigenvalue weighted by Crippen LogP contribution is -2.34. The van der Waals surface area contributed by atoms with Crippen LogP contribution in [0.2, 0.25) is 0 Å². The van der Waals surface area contributed by atoms with Crippen molar-refractivity contribution in [1.82, 2.24) is 15.0 Å². The molecule has 0 saturated heterocycles. The molecule has 0 aromatic carbocycles. The molecule has 0 aliphatic carbocycles. The average Bonchev–Trinajstić information content (AvgIpc) is 2.45. The summed E-state index contributed by atoms with van der Waals surface area (Å²) in [5, 5.41) is 11.1. The summed E-state index contributed by atoms with van der Waals surface area (Å²) in [5.41, 5.74) is 0.470. The highest BCUT2D eigenvalue weighted by molar-refractivity contribution is 7.89.